The van der Waals surface area contributed by atoms with Gasteiger partial charge in [0.2, 0.25) is 5.91 Å². The Hall–Kier alpha value is -0.740. The fourth-order valence-corrected chi connectivity index (χ4v) is 4.79. The van der Waals surface area contributed by atoms with E-state index >= 15 is 0 Å². The maximum Gasteiger partial charge on any atom is 0.282 e. The zero-order valence-electron chi connectivity index (χ0n) is 15.4. The van der Waals surface area contributed by atoms with E-state index in [1.165, 1.54) is 8.61 Å². The predicted octanol–water partition coefficient (Wildman–Crippen LogP) is 0.303. The molecule has 9 heteroatoms. The molecule has 0 bridgehead atoms. The smallest absolute Gasteiger partial charge is 0.282 e. The van der Waals surface area contributed by atoms with Crippen LogP contribution in [0.25, 0.3) is 0 Å². The van der Waals surface area contributed by atoms with Gasteiger partial charge in [0.25, 0.3) is 10.2 Å². The number of nitrogens with zero attached hydrogens (tertiary/aromatic N) is 3. The second kappa shape index (κ2) is 9.82. The molecular formula is C16H31N3O5S. The van der Waals surface area contributed by atoms with Gasteiger partial charge in [-0.15, -0.1) is 0 Å². The summed E-state index contributed by atoms with van der Waals surface area (Å²) in [5, 5.41) is 0. The quantitative estimate of drug-likeness (QED) is 0.540. The van der Waals surface area contributed by atoms with E-state index in [4.69, 9.17) is 9.47 Å². The third kappa shape index (κ3) is 5.62. The van der Waals surface area contributed by atoms with Gasteiger partial charge in [0.1, 0.15) is 0 Å². The zero-order valence-corrected chi connectivity index (χ0v) is 16.2. The number of amides is 1. The normalized spacial score (nSPS) is 22.7. The molecule has 1 amide bonds. The molecule has 0 spiro atoms. The Bertz CT molecular complexity index is 510. The van der Waals surface area contributed by atoms with E-state index in [9.17, 15) is 13.2 Å². The van der Waals surface area contributed by atoms with Crippen LogP contribution in [0, 0.1) is 0 Å². The summed E-state index contributed by atoms with van der Waals surface area (Å²) >= 11 is 0. The molecule has 25 heavy (non-hydrogen) atoms. The molecule has 8 nitrogen and oxygen atoms in total. The van der Waals surface area contributed by atoms with Crippen LogP contribution in [0.15, 0.2) is 0 Å². The molecule has 1 atom stereocenters. The van der Waals surface area contributed by atoms with E-state index < -0.39 is 10.2 Å². The molecular weight excluding hydrogens is 346 g/mol. The van der Waals surface area contributed by atoms with Crippen molar-refractivity contribution in [2.45, 2.75) is 39.2 Å². The number of carbonyl (C=O) groups is 1. The van der Waals surface area contributed by atoms with Gasteiger partial charge in [-0.05, 0) is 12.8 Å². The summed E-state index contributed by atoms with van der Waals surface area (Å²) in [7, 11) is -3.41. The lowest BCUT2D eigenvalue weighted by atomic mass is 10.2. The van der Waals surface area contributed by atoms with Gasteiger partial charge in [-0.2, -0.15) is 17.0 Å². The van der Waals surface area contributed by atoms with Crippen LogP contribution in [0.1, 0.15) is 33.1 Å². The first-order valence-corrected chi connectivity index (χ1v) is 10.6. The Labute approximate surface area is 151 Å². The average Bonchev–Trinajstić information content (AvgIpc) is 3.13. The van der Waals surface area contributed by atoms with Crippen molar-refractivity contribution in [2.24, 2.45) is 0 Å². The first kappa shape index (κ1) is 20.6. The van der Waals surface area contributed by atoms with E-state index in [0.717, 1.165) is 19.4 Å². The number of hydrogen-bond acceptors (Lipinski definition) is 5. The first-order valence-electron chi connectivity index (χ1n) is 9.21. The van der Waals surface area contributed by atoms with Gasteiger partial charge in [0.15, 0.2) is 0 Å². The summed E-state index contributed by atoms with van der Waals surface area (Å²) in [4.78, 5) is 14.0. The van der Waals surface area contributed by atoms with Crippen molar-refractivity contribution in [1.82, 2.24) is 13.5 Å². The van der Waals surface area contributed by atoms with Crippen molar-refractivity contribution in [3.63, 3.8) is 0 Å². The Kier molecular flexibility index (Phi) is 8.08. The second-order valence-corrected chi connectivity index (χ2v) is 8.26. The van der Waals surface area contributed by atoms with Crippen molar-refractivity contribution in [1.29, 1.82) is 0 Å². The lowest BCUT2D eigenvalue weighted by Gasteiger charge is -2.36. The van der Waals surface area contributed by atoms with Crippen LogP contribution < -0.4 is 0 Å². The van der Waals surface area contributed by atoms with E-state index in [2.05, 4.69) is 0 Å². The highest BCUT2D eigenvalue weighted by atomic mass is 32.2. The molecule has 2 aliphatic rings. The van der Waals surface area contributed by atoms with Crippen LogP contribution in [-0.4, -0.2) is 93.0 Å². The van der Waals surface area contributed by atoms with Crippen LogP contribution in [0.3, 0.4) is 0 Å². The van der Waals surface area contributed by atoms with Crippen LogP contribution in [0.4, 0.5) is 0 Å². The van der Waals surface area contributed by atoms with Crippen LogP contribution >= 0.6 is 0 Å². The van der Waals surface area contributed by atoms with Gasteiger partial charge in [0, 0.05) is 45.9 Å². The summed E-state index contributed by atoms with van der Waals surface area (Å²) in [5.41, 5.74) is 0. The van der Waals surface area contributed by atoms with Crippen LogP contribution in [0.5, 0.6) is 0 Å². The molecule has 2 heterocycles. The standard InChI is InChI=1S/C16H31N3O5S/c1-3-18(4-2)25(21,22)19-10-8-17(9-11-19)16(20)7-13-23-14-15-6-5-12-24-15/h15H,3-14H2,1-2H3. The number of rotatable bonds is 9. The molecule has 0 aromatic rings. The Balaban J connectivity index is 1.69. The van der Waals surface area contributed by atoms with Gasteiger partial charge >= 0.3 is 0 Å². The summed E-state index contributed by atoms with van der Waals surface area (Å²) < 4.78 is 38.9. The molecule has 0 aliphatic carbocycles. The Morgan fingerprint density at radius 3 is 2.44 bits per heavy atom. The number of piperazine rings is 1. The summed E-state index contributed by atoms with van der Waals surface area (Å²) in [6, 6.07) is 0. The largest absolute Gasteiger partial charge is 0.378 e. The molecule has 2 fully saturated rings. The maximum absolute atomic E-state index is 12.5. The van der Waals surface area contributed by atoms with Gasteiger partial charge < -0.3 is 14.4 Å². The summed E-state index contributed by atoms with van der Waals surface area (Å²) in [6.45, 7) is 7.88. The minimum atomic E-state index is -3.41. The first-order chi connectivity index (χ1) is 12.0. The van der Waals surface area contributed by atoms with Gasteiger partial charge in [-0.3, -0.25) is 4.79 Å². The molecule has 2 saturated heterocycles. The van der Waals surface area contributed by atoms with Crippen molar-refractivity contribution >= 4 is 16.1 Å². The van der Waals surface area contributed by atoms with Gasteiger partial charge in [0.05, 0.1) is 25.7 Å². The predicted molar refractivity (Wildman–Crippen MR) is 94.4 cm³/mol. The van der Waals surface area contributed by atoms with Gasteiger partial charge in [-0.25, -0.2) is 0 Å². The molecule has 0 aromatic carbocycles. The fraction of sp³-hybridized carbons (Fsp3) is 0.938. The Morgan fingerprint density at radius 1 is 1.20 bits per heavy atom. The average molecular weight is 378 g/mol. The number of hydrogen-bond donors (Lipinski definition) is 0. The summed E-state index contributed by atoms with van der Waals surface area (Å²) in [6.07, 6.45) is 2.60. The fourth-order valence-electron chi connectivity index (χ4n) is 3.19. The third-order valence-corrected chi connectivity index (χ3v) is 6.92. The van der Waals surface area contributed by atoms with E-state index in [0.29, 0.717) is 58.9 Å². The lowest BCUT2D eigenvalue weighted by molar-refractivity contribution is -0.133. The molecule has 146 valence electrons. The topological polar surface area (TPSA) is 79.4 Å². The molecule has 0 radical (unpaired) electrons. The Morgan fingerprint density at radius 2 is 1.88 bits per heavy atom. The number of ether oxygens (including phenoxy) is 2. The van der Waals surface area contributed by atoms with Crippen LogP contribution in [-0.2, 0) is 24.5 Å². The lowest BCUT2D eigenvalue weighted by Crippen LogP contribution is -2.54. The highest BCUT2D eigenvalue weighted by Crippen LogP contribution is 2.14. The highest BCUT2D eigenvalue weighted by molar-refractivity contribution is 7.86. The van der Waals surface area contributed by atoms with E-state index in [1.54, 1.807) is 4.90 Å². The maximum atomic E-state index is 12.5. The molecule has 2 rings (SSSR count). The van der Waals surface area contributed by atoms with Crippen molar-refractivity contribution in [3.05, 3.63) is 0 Å². The highest BCUT2D eigenvalue weighted by Gasteiger charge is 2.31. The molecule has 0 aromatic heterocycles. The van der Waals surface area contributed by atoms with Crippen molar-refractivity contribution in [3.8, 4) is 0 Å². The molecule has 1 unspecified atom stereocenters. The molecule has 2 aliphatic heterocycles. The molecule has 0 saturated carbocycles. The van der Waals surface area contributed by atoms with Crippen LogP contribution in [0.2, 0.25) is 0 Å². The second-order valence-electron chi connectivity index (χ2n) is 6.33. The van der Waals surface area contributed by atoms with Crippen molar-refractivity contribution in [2.75, 3.05) is 59.1 Å². The minimum Gasteiger partial charge on any atom is -0.378 e. The van der Waals surface area contributed by atoms with E-state index in [-0.39, 0.29) is 12.0 Å². The minimum absolute atomic E-state index is 0.0206. The number of carbonyl (C=O) groups excluding carboxylic acids is 1. The zero-order chi connectivity index (χ0) is 18.3. The van der Waals surface area contributed by atoms with Gasteiger partial charge in [-0.1, -0.05) is 13.8 Å². The SMILES string of the molecule is CCN(CC)S(=O)(=O)N1CCN(C(=O)CCOCC2CCCO2)CC1. The third-order valence-electron chi connectivity index (χ3n) is 4.74. The molecule has 0 N–H and O–H groups in total. The summed E-state index contributed by atoms with van der Waals surface area (Å²) in [5.74, 6) is 0.0206. The van der Waals surface area contributed by atoms with E-state index in [1.807, 2.05) is 13.8 Å². The monoisotopic (exact) mass is 377 g/mol. The van der Waals surface area contributed by atoms with Crippen molar-refractivity contribution < 1.29 is 22.7 Å².